The summed E-state index contributed by atoms with van der Waals surface area (Å²) in [5.41, 5.74) is 6.30. The summed E-state index contributed by atoms with van der Waals surface area (Å²) in [5, 5.41) is 0.775. The van der Waals surface area contributed by atoms with Crippen molar-refractivity contribution in [1.82, 2.24) is 4.90 Å². The number of benzene rings is 1. The van der Waals surface area contributed by atoms with E-state index in [0.29, 0.717) is 12.5 Å². The Hall–Kier alpha value is -0.810. The van der Waals surface area contributed by atoms with Crippen LogP contribution in [0.25, 0.3) is 0 Å². The smallest absolute Gasteiger partial charge is 0.238 e. The number of nitrogens with zero attached hydrogens (tertiary/aromatic N) is 1. The molecule has 1 aromatic carbocycles. The van der Waals surface area contributed by atoms with Crippen LogP contribution in [0.1, 0.15) is 31.2 Å². The summed E-state index contributed by atoms with van der Waals surface area (Å²) in [6, 6.07) is 8.12. The fourth-order valence-corrected chi connectivity index (χ4v) is 4.28. The van der Waals surface area contributed by atoms with Gasteiger partial charge in [0.2, 0.25) is 5.91 Å². The first-order valence-electron chi connectivity index (χ1n) is 6.96. The van der Waals surface area contributed by atoms with E-state index in [4.69, 9.17) is 28.9 Å². The van der Waals surface area contributed by atoms with Gasteiger partial charge < -0.3 is 11.2 Å². The van der Waals surface area contributed by atoms with Crippen molar-refractivity contribution >= 4 is 29.1 Å². The van der Waals surface area contributed by atoms with Crippen LogP contribution in [0.2, 0.25) is 5.02 Å². The summed E-state index contributed by atoms with van der Waals surface area (Å²) in [7, 11) is 0. The van der Waals surface area contributed by atoms with Crippen molar-refractivity contribution in [2.24, 2.45) is 5.73 Å². The highest BCUT2D eigenvalue weighted by Crippen LogP contribution is 2.46. The third-order valence-corrected chi connectivity index (χ3v) is 5.28. The third-order valence-electron chi connectivity index (χ3n) is 4.69. The molecule has 2 saturated heterocycles. The average Bonchev–Trinajstić information content (AvgIpc) is 2.62. The van der Waals surface area contributed by atoms with E-state index in [1.54, 1.807) is 0 Å². The number of carbonyl (C=O) groups is 1. The summed E-state index contributed by atoms with van der Waals surface area (Å²) < 4.78 is 0. The van der Waals surface area contributed by atoms with Crippen molar-refractivity contribution in [3.63, 3.8) is 0 Å². The lowest BCUT2D eigenvalue weighted by Crippen LogP contribution is -2.59. The van der Waals surface area contributed by atoms with Gasteiger partial charge in [0.15, 0.2) is 0 Å². The zero-order valence-corrected chi connectivity index (χ0v) is 13.2. The maximum Gasteiger partial charge on any atom is 0.238 e. The Bertz CT molecular complexity index is 523. The number of hydrogen-bond acceptors (Lipinski definition) is 2. The molecule has 0 saturated carbocycles. The number of halogens is 2. The molecular formula is C15H20Cl2N2O2. The molecule has 21 heavy (non-hydrogen) atoms. The minimum absolute atomic E-state index is 0. The van der Waals surface area contributed by atoms with Crippen molar-refractivity contribution in [2.45, 2.75) is 49.2 Å². The Morgan fingerprint density at radius 2 is 2.05 bits per heavy atom. The second-order valence-corrected chi connectivity index (χ2v) is 6.93. The zero-order valence-electron chi connectivity index (χ0n) is 11.7. The molecule has 4 N–H and O–H groups in total. The number of primary amides is 1. The molecule has 2 aliphatic heterocycles. The van der Waals surface area contributed by atoms with E-state index < -0.39 is 5.54 Å². The summed E-state index contributed by atoms with van der Waals surface area (Å²) >= 11 is 12.2. The molecule has 6 heteroatoms. The molecule has 2 bridgehead atoms. The predicted octanol–water partition coefficient (Wildman–Crippen LogP) is 2.11. The van der Waals surface area contributed by atoms with Gasteiger partial charge in [-0.05, 0) is 43.4 Å². The van der Waals surface area contributed by atoms with Crippen molar-refractivity contribution in [3.8, 4) is 0 Å². The van der Waals surface area contributed by atoms with Gasteiger partial charge in [-0.1, -0.05) is 23.7 Å². The number of rotatable bonds is 3. The quantitative estimate of drug-likeness (QED) is 0.861. The fraction of sp³-hybridized carbons (Fsp3) is 0.533. The summed E-state index contributed by atoms with van der Waals surface area (Å²) in [4.78, 5) is 14.3. The lowest BCUT2D eigenvalue weighted by atomic mass is 9.86. The molecule has 0 aliphatic carbocycles. The van der Waals surface area contributed by atoms with Crippen molar-refractivity contribution in [2.75, 3.05) is 0 Å². The van der Waals surface area contributed by atoms with Crippen LogP contribution in [-0.4, -0.2) is 33.2 Å². The Labute approximate surface area is 134 Å². The highest BCUT2D eigenvalue weighted by molar-refractivity contribution is 6.30. The van der Waals surface area contributed by atoms with Crippen molar-refractivity contribution in [1.29, 1.82) is 0 Å². The van der Waals surface area contributed by atoms with E-state index in [1.807, 2.05) is 24.3 Å². The number of carbonyl (C=O) groups excluding carboxylic acids is 1. The van der Waals surface area contributed by atoms with E-state index >= 15 is 0 Å². The molecule has 3 atom stereocenters. The second-order valence-electron chi connectivity index (χ2n) is 5.88. The normalized spacial score (nSPS) is 31.7. The lowest BCUT2D eigenvalue weighted by molar-refractivity contribution is -0.132. The highest BCUT2D eigenvalue weighted by Gasteiger charge is 2.54. The predicted molar refractivity (Wildman–Crippen MR) is 84.4 cm³/mol. The number of piperidine rings is 1. The summed E-state index contributed by atoms with van der Waals surface area (Å²) in [6.07, 6.45) is 3.42. The van der Waals surface area contributed by atoms with E-state index in [-0.39, 0.29) is 16.8 Å². The van der Waals surface area contributed by atoms with E-state index in [2.05, 4.69) is 4.90 Å². The summed E-state index contributed by atoms with van der Waals surface area (Å²) in [6.45, 7) is 0.731. The Morgan fingerprint density at radius 3 is 2.67 bits per heavy atom. The molecule has 0 aromatic heterocycles. The average molecular weight is 331 g/mol. The molecular weight excluding hydrogens is 311 g/mol. The first-order valence-corrected chi connectivity index (χ1v) is 7.78. The minimum atomic E-state index is -0.561. The highest BCUT2D eigenvalue weighted by atomic mass is 35.5. The molecule has 0 radical (unpaired) electrons. The molecule has 2 aliphatic rings. The number of fused-ring (bicyclic) bond motifs is 2. The van der Waals surface area contributed by atoms with Crippen molar-refractivity contribution in [3.05, 3.63) is 34.9 Å². The van der Waals surface area contributed by atoms with Crippen LogP contribution >= 0.6 is 23.2 Å². The molecule has 2 fully saturated rings. The van der Waals surface area contributed by atoms with Crippen LogP contribution in [-0.2, 0) is 11.3 Å². The van der Waals surface area contributed by atoms with E-state index in [1.165, 1.54) is 0 Å². The largest absolute Gasteiger partial charge is 0.412 e. The second kappa shape index (κ2) is 6.13. The van der Waals surface area contributed by atoms with E-state index in [0.717, 1.165) is 36.4 Å². The van der Waals surface area contributed by atoms with Crippen LogP contribution in [0.3, 0.4) is 0 Å². The van der Waals surface area contributed by atoms with Crippen LogP contribution in [0.15, 0.2) is 24.3 Å². The molecule has 4 nitrogen and oxygen atoms in total. The number of alkyl halides is 1. The number of nitrogens with two attached hydrogens (primary N) is 1. The first-order chi connectivity index (χ1) is 9.51. The lowest BCUT2D eigenvalue weighted by Gasteiger charge is -2.44. The Kier molecular flexibility index (Phi) is 4.83. The van der Waals surface area contributed by atoms with Gasteiger partial charge in [0.25, 0.3) is 0 Å². The molecule has 0 spiro atoms. The molecule has 2 heterocycles. The maximum absolute atomic E-state index is 12.0. The van der Waals surface area contributed by atoms with Gasteiger partial charge in [-0.3, -0.25) is 9.69 Å². The SMILES string of the molecule is NC(=O)C12CCC(CC(Cl)C1)N2Cc1ccc(Cl)cc1.O. The monoisotopic (exact) mass is 330 g/mol. The minimum Gasteiger partial charge on any atom is -0.412 e. The van der Waals surface area contributed by atoms with Crippen LogP contribution in [0.4, 0.5) is 0 Å². The van der Waals surface area contributed by atoms with Gasteiger partial charge >= 0.3 is 0 Å². The zero-order chi connectivity index (χ0) is 14.3. The molecule has 3 rings (SSSR count). The van der Waals surface area contributed by atoms with E-state index in [9.17, 15) is 4.79 Å². The standard InChI is InChI=1S/C15H18Cl2N2O.H2O/c16-11-3-1-10(2-4-11)9-19-13-5-6-15(19,14(18)20)8-12(17)7-13;/h1-4,12-13H,5-9H2,(H2,18,20);1H2. The third kappa shape index (κ3) is 2.90. The molecule has 1 aromatic rings. The van der Waals surface area contributed by atoms with Crippen LogP contribution in [0.5, 0.6) is 0 Å². The van der Waals surface area contributed by atoms with Gasteiger partial charge in [0.1, 0.15) is 5.54 Å². The number of hydrogen-bond donors (Lipinski definition) is 1. The number of amides is 1. The van der Waals surface area contributed by atoms with Gasteiger partial charge in [-0.15, -0.1) is 11.6 Å². The van der Waals surface area contributed by atoms with Gasteiger partial charge in [-0.25, -0.2) is 0 Å². The van der Waals surface area contributed by atoms with Gasteiger partial charge in [0.05, 0.1) is 0 Å². The Balaban J connectivity index is 0.00000161. The topological polar surface area (TPSA) is 77.8 Å². The fourth-order valence-electron chi connectivity index (χ4n) is 3.70. The molecule has 3 unspecified atom stereocenters. The van der Waals surface area contributed by atoms with Crippen LogP contribution in [0, 0.1) is 0 Å². The Morgan fingerprint density at radius 1 is 1.38 bits per heavy atom. The summed E-state index contributed by atoms with van der Waals surface area (Å²) in [5.74, 6) is -0.237. The molecule has 1 amide bonds. The molecule has 116 valence electrons. The van der Waals surface area contributed by atoms with Gasteiger partial charge in [0, 0.05) is 23.0 Å². The van der Waals surface area contributed by atoms with Gasteiger partial charge in [-0.2, -0.15) is 0 Å². The maximum atomic E-state index is 12.0. The van der Waals surface area contributed by atoms with Crippen LogP contribution < -0.4 is 5.73 Å². The first kappa shape index (κ1) is 16.6. The van der Waals surface area contributed by atoms with Crippen molar-refractivity contribution < 1.29 is 10.3 Å².